The molecule has 0 atom stereocenters. The molecule has 3 amide bonds. The summed E-state index contributed by atoms with van der Waals surface area (Å²) in [7, 11) is 1.52. The Hall–Kier alpha value is -3.03. The Morgan fingerprint density at radius 1 is 1.19 bits per heavy atom. The Bertz CT molecular complexity index is 670. The second kappa shape index (κ2) is 10.8. The Morgan fingerprint density at radius 3 is 2.54 bits per heavy atom. The van der Waals surface area contributed by atoms with Crippen LogP contribution in [-0.4, -0.2) is 44.3 Å². The van der Waals surface area contributed by atoms with Crippen LogP contribution in [0.3, 0.4) is 0 Å². The number of ether oxygens (including phenoxy) is 3. The number of esters is 1. The van der Waals surface area contributed by atoms with Crippen molar-refractivity contribution in [3.63, 3.8) is 0 Å². The van der Waals surface area contributed by atoms with E-state index in [1.807, 2.05) is 6.92 Å². The van der Waals surface area contributed by atoms with Gasteiger partial charge in [0.1, 0.15) is 0 Å². The van der Waals surface area contributed by atoms with Crippen molar-refractivity contribution in [3.05, 3.63) is 29.8 Å². The van der Waals surface area contributed by atoms with Crippen molar-refractivity contribution in [2.24, 2.45) is 0 Å². The number of benzene rings is 1. The first-order valence-corrected chi connectivity index (χ1v) is 8.11. The van der Waals surface area contributed by atoms with Crippen LogP contribution in [0.4, 0.5) is 4.79 Å². The average Bonchev–Trinajstić information content (AvgIpc) is 2.58. The lowest BCUT2D eigenvalue weighted by molar-refractivity contribution is -0.143. The lowest BCUT2D eigenvalue weighted by Gasteiger charge is -2.09. The fraction of sp³-hybridized carbons (Fsp3) is 0.389. The molecule has 142 valence electrons. The number of carbonyl (C=O) groups excluding carboxylic acids is 3. The zero-order chi connectivity index (χ0) is 19.5. The van der Waals surface area contributed by atoms with Gasteiger partial charge in [0.05, 0.1) is 13.7 Å². The molecule has 0 heterocycles. The van der Waals surface area contributed by atoms with Crippen molar-refractivity contribution in [2.75, 3.05) is 20.3 Å². The van der Waals surface area contributed by atoms with Crippen LogP contribution in [0.15, 0.2) is 24.3 Å². The fourth-order valence-corrected chi connectivity index (χ4v) is 1.87. The highest BCUT2D eigenvalue weighted by Crippen LogP contribution is 2.28. The molecule has 1 rings (SSSR count). The highest BCUT2D eigenvalue weighted by molar-refractivity contribution is 5.96. The van der Waals surface area contributed by atoms with Gasteiger partial charge in [-0.25, -0.2) is 9.59 Å². The molecule has 0 saturated heterocycles. The molecule has 2 N–H and O–H groups in total. The van der Waals surface area contributed by atoms with Gasteiger partial charge in [-0.05, 0) is 44.5 Å². The number of urea groups is 1. The highest BCUT2D eigenvalue weighted by Gasteiger charge is 2.10. The first-order valence-electron chi connectivity index (χ1n) is 8.11. The van der Waals surface area contributed by atoms with Crippen molar-refractivity contribution in [1.29, 1.82) is 0 Å². The number of imide groups is 1. The minimum absolute atomic E-state index is 0.112. The van der Waals surface area contributed by atoms with Crippen molar-refractivity contribution in [3.8, 4) is 11.5 Å². The van der Waals surface area contributed by atoms with Crippen molar-refractivity contribution in [2.45, 2.75) is 26.8 Å². The zero-order valence-electron chi connectivity index (χ0n) is 15.3. The van der Waals surface area contributed by atoms with Crippen molar-refractivity contribution in [1.82, 2.24) is 10.6 Å². The third kappa shape index (κ3) is 7.69. The monoisotopic (exact) mass is 364 g/mol. The lowest BCUT2D eigenvalue weighted by Crippen LogP contribution is -2.43. The molecule has 0 fully saturated rings. The SMILES string of the molecule is CCOc1ccc(/C=C/C(=O)OCC(=O)NC(=O)NC(C)C)cc1OC. The van der Waals surface area contributed by atoms with Crippen molar-refractivity contribution < 1.29 is 28.6 Å². The topological polar surface area (TPSA) is 103 Å². The minimum atomic E-state index is -0.715. The lowest BCUT2D eigenvalue weighted by atomic mass is 10.2. The van der Waals surface area contributed by atoms with Gasteiger partial charge >= 0.3 is 12.0 Å². The molecule has 8 nitrogen and oxygen atoms in total. The summed E-state index contributed by atoms with van der Waals surface area (Å²) < 4.78 is 15.4. The fourth-order valence-electron chi connectivity index (χ4n) is 1.87. The van der Waals surface area contributed by atoms with Gasteiger partial charge in [-0.1, -0.05) is 6.07 Å². The first-order chi connectivity index (χ1) is 12.3. The van der Waals surface area contributed by atoms with Gasteiger partial charge in [0.15, 0.2) is 18.1 Å². The molecule has 0 aromatic heterocycles. The van der Waals surface area contributed by atoms with E-state index in [2.05, 4.69) is 10.6 Å². The van der Waals surface area contributed by atoms with E-state index in [-0.39, 0.29) is 6.04 Å². The summed E-state index contributed by atoms with van der Waals surface area (Å²) in [6.45, 7) is 5.33. The van der Waals surface area contributed by atoms with Crippen LogP contribution < -0.4 is 20.1 Å². The number of nitrogens with one attached hydrogen (secondary N) is 2. The smallest absolute Gasteiger partial charge is 0.331 e. The molecule has 8 heteroatoms. The van der Waals surface area contributed by atoms with Crippen LogP contribution in [0.1, 0.15) is 26.3 Å². The predicted octanol–water partition coefficient (Wildman–Crippen LogP) is 1.88. The number of hydrogen-bond donors (Lipinski definition) is 2. The normalized spacial score (nSPS) is 10.5. The molecule has 26 heavy (non-hydrogen) atoms. The van der Waals surface area contributed by atoms with Crippen molar-refractivity contribution >= 4 is 24.0 Å². The largest absolute Gasteiger partial charge is 0.493 e. The molecule has 1 aromatic carbocycles. The molecular weight excluding hydrogens is 340 g/mol. The number of amides is 3. The molecule has 0 saturated carbocycles. The molecule has 0 radical (unpaired) electrons. The summed E-state index contributed by atoms with van der Waals surface area (Å²) in [5.74, 6) is -0.283. The van der Waals surface area contributed by atoms with E-state index >= 15 is 0 Å². The van der Waals surface area contributed by atoms with Gasteiger partial charge in [-0.3, -0.25) is 10.1 Å². The van der Waals surface area contributed by atoms with E-state index in [1.165, 1.54) is 19.3 Å². The molecule has 0 aliphatic carbocycles. The summed E-state index contributed by atoms with van der Waals surface area (Å²) in [5.41, 5.74) is 0.697. The van der Waals surface area contributed by atoms with Crippen LogP contribution >= 0.6 is 0 Å². The van der Waals surface area contributed by atoms with Crippen LogP contribution in [-0.2, 0) is 14.3 Å². The Labute approximate surface area is 152 Å². The van der Waals surface area contributed by atoms with E-state index in [1.54, 1.807) is 32.0 Å². The van der Waals surface area contributed by atoms with E-state index in [4.69, 9.17) is 14.2 Å². The first kappa shape index (κ1) is 21.0. The van der Waals surface area contributed by atoms with Gasteiger partial charge < -0.3 is 19.5 Å². The van der Waals surface area contributed by atoms with Gasteiger partial charge in [0.2, 0.25) is 0 Å². The summed E-state index contributed by atoms with van der Waals surface area (Å²) >= 11 is 0. The molecule has 0 spiro atoms. The second-order valence-electron chi connectivity index (χ2n) is 5.46. The summed E-state index contributed by atoms with van der Waals surface area (Å²) in [6.07, 6.45) is 2.69. The average molecular weight is 364 g/mol. The molecule has 0 unspecified atom stereocenters. The number of carbonyl (C=O) groups is 3. The third-order valence-corrected chi connectivity index (χ3v) is 2.92. The molecule has 1 aromatic rings. The molecule has 0 aliphatic rings. The molecule has 0 aliphatic heterocycles. The zero-order valence-corrected chi connectivity index (χ0v) is 15.3. The maximum Gasteiger partial charge on any atom is 0.331 e. The summed E-state index contributed by atoms with van der Waals surface area (Å²) in [5, 5.41) is 4.54. The molecular formula is C18H24N2O6. The standard InChI is InChI=1S/C18H24N2O6/c1-5-25-14-8-6-13(10-15(14)24-4)7-9-17(22)26-11-16(21)20-18(23)19-12(2)3/h6-10,12H,5,11H2,1-4H3,(H2,19,20,21,23)/b9-7+. The van der Waals surface area contributed by atoms with E-state index in [9.17, 15) is 14.4 Å². The van der Waals surface area contributed by atoms with Gasteiger partial charge in [-0.15, -0.1) is 0 Å². The highest BCUT2D eigenvalue weighted by atomic mass is 16.5. The number of methoxy groups -OCH3 is 1. The van der Waals surface area contributed by atoms with Crippen LogP contribution in [0.5, 0.6) is 11.5 Å². The second-order valence-corrected chi connectivity index (χ2v) is 5.46. The van der Waals surface area contributed by atoms with Crippen LogP contribution in [0.25, 0.3) is 6.08 Å². The molecule has 0 bridgehead atoms. The van der Waals surface area contributed by atoms with Crippen LogP contribution in [0.2, 0.25) is 0 Å². The van der Waals surface area contributed by atoms with E-state index in [0.717, 1.165) is 0 Å². The van der Waals surface area contributed by atoms with Gasteiger partial charge in [0.25, 0.3) is 5.91 Å². The predicted molar refractivity (Wildman–Crippen MR) is 96.0 cm³/mol. The number of rotatable bonds is 8. The third-order valence-electron chi connectivity index (χ3n) is 2.92. The number of hydrogen-bond acceptors (Lipinski definition) is 6. The van der Waals surface area contributed by atoms with Crippen LogP contribution in [0, 0.1) is 0 Å². The maximum absolute atomic E-state index is 11.7. The van der Waals surface area contributed by atoms with E-state index < -0.39 is 24.5 Å². The minimum Gasteiger partial charge on any atom is -0.493 e. The summed E-state index contributed by atoms with van der Waals surface area (Å²) in [4.78, 5) is 34.5. The maximum atomic E-state index is 11.7. The Balaban J connectivity index is 2.52. The Kier molecular flexibility index (Phi) is 8.69. The summed E-state index contributed by atoms with van der Waals surface area (Å²) in [6, 6.07) is 4.43. The van der Waals surface area contributed by atoms with Gasteiger partial charge in [0, 0.05) is 12.1 Å². The Morgan fingerprint density at radius 2 is 1.92 bits per heavy atom. The quantitative estimate of drug-likeness (QED) is 0.539. The van der Waals surface area contributed by atoms with Gasteiger partial charge in [-0.2, -0.15) is 0 Å². The van der Waals surface area contributed by atoms with E-state index in [0.29, 0.717) is 23.7 Å².